The number of amides is 1. The minimum absolute atomic E-state index is 0.0311. The number of piperidine rings is 1. The highest BCUT2D eigenvalue weighted by atomic mass is 16.7. The van der Waals surface area contributed by atoms with Crippen molar-refractivity contribution in [1.29, 1.82) is 5.41 Å². The second kappa shape index (κ2) is 7.41. The van der Waals surface area contributed by atoms with Gasteiger partial charge in [-0.05, 0) is 24.3 Å². The van der Waals surface area contributed by atoms with Gasteiger partial charge in [0.05, 0.1) is 6.54 Å². The fraction of sp³-hybridized carbons (Fsp3) is 0.471. The minimum atomic E-state index is -1.37. The van der Waals surface area contributed by atoms with E-state index < -0.39 is 18.0 Å². The van der Waals surface area contributed by atoms with Gasteiger partial charge < -0.3 is 20.3 Å². The molecule has 1 atom stereocenters. The lowest BCUT2D eigenvalue weighted by Gasteiger charge is -2.38. The molecule has 0 aliphatic carbocycles. The Labute approximate surface area is 156 Å². The molecule has 3 rings (SSSR count). The van der Waals surface area contributed by atoms with Crippen LogP contribution in [0.25, 0.3) is 0 Å². The van der Waals surface area contributed by atoms with Crippen molar-refractivity contribution in [2.75, 3.05) is 31.1 Å². The van der Waals surface area contributed by atoms with E-state index in [-0.39, 0.29) is 11.9 Å². The van der Waals surface area contributed by atoms with Crippen LogP contribution in [0.4, 0.5) is 15.3 Å². The number of nitrogens with one attached hydrogen (secondary N) is 1. The Morgan fingerprint density at radius 1 is 1.33 bits per heavy atom. The van der Waals surface area contributed by atoms with Crippen molar-refractivity contribution >= 4 is 23.8 Å². The quantitative estimate of drug-likeness (QED) is 0.253. The number of hydrogen-bond donors (Lipinski definition) is 4. The van der Waals surface area contributed by atoms with Crippen LogP contribution in [0, 0.1) is 5.41 Å². The summed E-state index contributed by atoms with van der Waals surface area (Å²) in [4.78, 5) is 26.5. The van der Waals surface area contributed by atoms with E-state index in [2.05, 4.69) is 4.90 Å². The molecule has 0 bridgehead atoms. The molecule has 146 valence electrons. The molecule has 2 aliphatic rings. The van der Waals surface area contributed by atoms with Gasteiger partial charge in [0, 0.05) is 43.7 Å². The fourth-order valence-electron chi connectivity index (χ4n) is 3.33. The fourth-order valence-corrected chi connectivity index (χ4v) is 3.33. The van der Waals surface area contributed by atoms with Gasteiger partial charge in [0.15, 0.2) is 5.72 Å². The van der Waals surface area contributed by atoms with E-state index in [1.54, 1.807) is 29.2 Å². The maximum Gasteiger partial charge on any atom is 0.507 e. The number of rotatable bonds is 5. The third-order valence-corrected chi connectivity index (χ3v) is 4.82. The highest BCUT2D eigenvalue weighted by molar-refractivity contribution is 5.96. The van der Waals surface area contributed by atoms with Crippen LogP contribution in [0.5, 0.6) is 0 Å². The van der Waals surface area contributed by atoms with Gasteiger partial charge in [0.2, 0.25) is 0 Å². The van der Waals surface area contributed by atoms with E-state index in [0.29, 0.717) is 50.3 Å². The highest BCUT2D eigenvalue weighted by Crippen LogP contribution is 2.25. The third kappa shape index (κ3) is 4.47. The number of nitrogens with zero attached hydrogens (tertiary/aromatic N) is 2. The second-order valence-electron chi connectivity index (χ2n) is 6.81. The van der Waals surface area contributed by atoms with Crippen molar-refractivity contribution in [2.45, 2.75) is 24.7 Å². The maximum atomic E-state index is 12.2. The molecule has 2 aliphatic heterocycles. The molecular weight excluding hydrogens is 354 g/mol. The highest BCUT2D eigenvalue weighted by Gasteiger charge is 2.38. The molecule has 2 saturated heterocycles. The van der Waals surface area contributed by atoms with Gasteiger partial charge in [0.1, 0.15) is 11.9 Å². The SMILES string of the molecule is N=C(N)c1ccc(N2CC(CN3CCC(N)(OC(=O)O)CC3)OC2=O)cc1. The summed E-state index contributed by atoms with van der Waals surface area (Å²) in [6, 6.07) is 6.83. The minimum Gasteiger partial charge on any atom is -0.450 e. The summed E-state index contributed by atoms with van der Waals surface area (Å²) in [6.07, 6.45) is -1.32. The number of anilines is 1. The summed E-state index contributed by atoms with van der Waals surface area (Å²) in [6.45, 7) is 2.07. The number of ether oxygens (including phenoxy) is 2. The molecule has 27 heavy (non-hydrogen) atoms. The molecular formula is C17H23N5O5. The number of carbonyl (C=O) groups excluding carboxylic acids is 1. The first-order chi connectivity index (χ1) is 12.8. The van der Waals surface area contributed by atoms with Gasteiger partial charge in [-0.1, -0.05) is 0 Å². The molecule has 2 fully saturated rings. The van der Waals surface area contributed by atoms with Crippen molar-refractivity contribution in [1.82, 2.24) is 4.90 Å². The van der Waals surface area contributed by atoms with Crippen LogP contribution < -0.4 is 16.4 Å². The summed E-state index contributed by atoms with van der Waals surface area (Å²) in [7, 11) is 0. The molecule has 0 saturated carbocycles. The van der Waals surface area contributed by atoms with E-state index in [4.69, 9.17) is 31.5 Å². The molecule has 1 unspecified atom stereocenters. The normalized spacial score (nSPS) is 22.3. The number of amidine groups is 1. The summed E-state index contributed by atoms with van der Waals surface area (Å²) in [5.41, 5.74) is 11.5. The number of nitrogens with two attached hydrogens (primary N) is 2. The van der Waals surface area contributed by atoms with Gasteiger partial charge in [-0.3, -0.25) is 20.9 Å². The zero-order valence-electron chi connectivity index (χ0n) is 14.8. The van der Waals surface area contributed by atoms with E-state index in [0.717, 1.165) is 0 Å². The van der Waals surface area contributed by atoms with Gasteiger partial charge >= 0.3 is 12.2 Å². The second-order valence-corrected chi connectivity index (χ2v) is 6.81. The lowest BCUT2D eigenvalue weighted by atomic mass is 10.0. The molecule has 0 spiro atoms. The van der Waals surface area contributed by atoms with Crippen LogP contribution in [0.1, 0.15) is 18.4 Å². The maximum absolute atomic E-state index is 12.2. The van der Waals surface area contributed by atoms with Crippen molar-refractivity contribution in [3.8, 4) is 0 Å². The topological polar surface area (TPSA) is 155 Å². The Hall–Kier alpha value is -2.85. The largest absolute Gasteiger partial charge is 0.507 e. The Bertz CT molecular complexity index is 730. The average Bonchev–Trinajstić information content (AvgIpc) is 2.97. The predicted octanol–water partition coefficient (Wildman–Crippen LogP) is 0.741. The molecule has 10 heteroatoms. The lowest BCUT2D eigenvalue weighted by molar-refractivity contribution is -0.0559. The standard InChI is InChI=1S/C17H23N5O5/c18-14(19)11-1-3-12(4-2-11)22-10-13(26-15(22)23)9-21-7-5-17(20,6-8-21)27-16(24)25/h1-4,13H,5-10,20H2,(H3,18,19)(H,24,25). The molecule has 1 aromatic rings. The lowest BCUT2D eigenvalue weighted by Crippen LogP contribution is -2.54. The first kappa shape index (κ1) is 18.9. The van der Waals surface area contributed by atoms with Gasteiger partial charge in [-0.15, -0.1) is 0 Å². The predicted molar refractivity (Wildman–Crippen MR) is 96.8 cm³/mol. The van der Waals surface area contributed by atoms with Crippen LogP contribution in [0.2, 0.25) is 0 Å². The molecule has 2 heterocycles. The van der Waals surface area contributed by atoms with Gasteiger partial charge in [-0.25, -0.2) is 9.59 Å². The summed E-state index contributed by atoms with van der Waals surface area (Å²) < 4.78 is 10.2. The Kier molecular flexibility index (Phi) is 5.19. The molecule has 0 aromatic heterocycles. The van der Waals surface area contributed by atoms with E-state index in [9.17, 15) is 9.59 Å². The Balaban J connectivity index is 1.54. The van der Waals surface area contributed by atoms with Gasteiger partial charge in [0.25, 0.3) is 0 Å². The molecule has 1 amide bonds. The number of likely N-dealkylation sites (tertiary alicyclic amines) is 1. The summed E-state index contributed by atoms with van der Waals surface area (Å²) >= 11 is 0. The van der Waals surface area contributed by atoms with Crippen molar-refractivity contribution < 1.29 is 24.2 Å². The molecule has 1 aromatic carbocycles. The smallest absolute Gasteiger partial charge is 0.450 e. The average molecular weight is 377 g/mol. The van der Waals surface area contributed by atoms with Crippen molar-refractivity contribution in [2.24, 2.45) is 11.5 Å². The Morgan fingerprint density at radius 2 is 1.96 bits per heavy atom. The van der Waals surface area contributed by atoms with Crippen molar-refractivity contribution in [3.63, 3.8) is 0 Å². The van der Waals surface area contributed by atoms with E-state index in [1.165, 1.54) is 0 Å². The van der Waals surface area contributed by atoms with Crippen LogP contribution in [0.15, 0.2) is 24.3 Å². The zero-order chi connectivity index (χ0) is 19.6. The third-order valence-electron chi connectivity index (χ3n) is 4.82. The first-order valence-corrected chi connectivity index (χ1v) is 8.61. The van der Waals surface area contributed by atoms with Crippen LogP contribution in [-0.4, -0.2) is 66.1 Å². The summed E-state index contributed by atoms with van der Waals surface area (Å²) in [5, 5.41) is 16.2. The molecule has 10 nitrogen and oxygen atoms in total. The van der Waals surface area contributed by atoms with Crippen LogP contribution in [0.3, 0.4) is 0 Å². The first-order valence-electron chi connectivity index (χ1n) is 8.61. The van der Waals surface area contributed by atoms with Crippen LogP contribution >= 0.6 is 0 Å². The number of hydrogen-bond acceptors (Lipinski definition) is 7. The number of cyclic esters (lactones) is 1. The number of carbonyl (C=O) groups is 2. The van der Waals surface area contributed by atoms with Crippen molar-refractivity contribution in [3.05, 3.63) is 29.8 Å². The van der Waals surface area contributed by atoms with E-state index in [1.807, 2.05) is 0 Å². The molecule has 6 N–H and O–H groups in total. The molecule has 0 radical (unpaired) electrons. The van der Waals surface area contributed by atoms with Gasteiger partial charge in [-0.2, -0.15) is 0 Å². The summed E-state index contributed by atoms with van der Waals surface area (Å²) in [5.74, 6) is -0.0311. The van der Waals surface area contributed by atoms with Crippen LogP contribution in [-0.2, 0) is 9.47 Å². The van der Waals surface area contributed by atoms with E-state index >= 15 is 0 Å². The number of carboxylic acid groups (broad SMARTS) is 1. The monoisotopic (exact) mass is 377 g/mol. The Morgan fingerprint density at radius 3 is 2.52 bits per heavy atom. The number of nitrogen functional groups attached to an aromatic ring is 1. The number of benzene rings is 1. The zero-order valence-corrected chi connectivity index (χ0v) is 14.8.